The Morgan fingerprint density at radius 3 is 2.12 bits per heavy atom. The van der Waals surface area contributed by atoms with E-state index in [0.29, 0.717) is 5.56 Å². The lowest BCUT2D eigenvalue weighted by Crippen LogP contribution is -2.10. The van der Waals surface area contributed by atoms with Crippen molar-refractivity contribution in [3.63, 3.8) is 0 Å². The van der Waals surface area contributed by atoms with E-state index in [2.05, 4.69) is 6.58 Å². The van der Waals surface area contributed by atoms with Crippen LogP contribution in [0.2, 0.25) is 0 Å². The molecule has 0 fully saturated rings. The molecule has 2 heteroatoms. The second-order valence-corrected chi connectivity index (χ2v) is 3.63. The summed E-state index contributed by atoms with van der Waals surface area (Å²) < 4.78 is 0. The molecule has 1 aromatic carbocycles. The molecule has 0 atom stereocenters. The number of amides is 1. The molecule has 17 heavy (non-hydrogen) atoms. The quantitative estimate of drug-likeness (QED) is 0.775. The van der Waals surface area contributed by atoms with Gasteiger partial charge in [0, 0.05) is 5.56 Å². The van der Waals surface area contributed by atoms with Crippen LogP contribution in [0.3, 0.4) is 0 Å². The summed E-state index contributed by atoms with van der Waals surface area (Å²) in [6.07, 6.45) is 0.932. The van der Waals surface area contributed by atoms with Crippen molar-refractivity contribution in [3.05, 3.63) is 47.5 Å². The van der Waals surface area contributed by atoms with Gasteiger partial charge in [0.25, 0.3) is 0 Å². The molecule has 0 aliphatic heterocycles. The minimum absolute atomic E-state index is 0.361. The van der Waals surface area contributed by atoms with Gasteiger partial charge in [-0.15, -0.1) is 6.58 Å². The molecule has 0 unspecified atom stereocenters. The normalized spacial score (nSPS) is 8.06. The first-order valence-corrected chi connectivity index (χ1v) is 5.98. The van der Waals surface area contributed by atoms with Gasteiger partial charge in [0.1, 0.15) is 0 Å². The van der Waals surface area contributed by atoms with Crippen molar-refractivity contribution in [2.45, 2.75) is 41.0 Å². The van der Waals surface area contributed by atoms with Crippen molar-refractivity contribution in [3.8, 4) is 0 Å². The summed E-state index contributed by atoms with van der Waals surface area (Å²) in [4.78, 5) is 10.7. The van der Waals surface area contributed by atoms with E-state index >= 15 is 0 Å². The molecule has 0 bridgehead atoms. The predicted molar refractivity (Wildman–Crippen MR) is 76.2 cm³/mol. The van der Waals surface area contributed by atoms with Crippen molar-refractivity contribution >= 4 is 5.91 Å². The highest BCUT2D eigenvalue weighted by molar-refractivity contribution is 5.92. The van der Waals surface area contributed by atoms with Gasteiger partial charge in [0.2, 0.25) is 5.91 Å². The first-order chi connectivity index (χ1) is 7.97. The molecule has 0 radical (unpaired) electrons. The Morgan fingerprint density at radius 1 is 1.29 bits per heavy atom. The Labute approximate surface area is 106 Å². The highest BCUT2D eigenvalue weighted by atomic mass is 16.1. The van der Waals surface area contributed by atoms with E-state index in [1.165, 1.54) is 5.57 Å². The fourth-order valence-corrected chi connectivity index (χ4v) is 0.945. The summed E-state index contributed by atoms with van der Waals surface area (Å²) in [5.74, 6) is -0.361. The maximum Gasteiger partial charge on any atom is 0.248 e. The second-order valence-electron chi connectivity index (χ2n) is 3.63. The minimum atomic E-state index is -0.361. The highest BCUT2D eigenvalue weighted by Crippen LogP contribution is 2.04. The van der Waals surface area contributed by atoms with Gasteiger partial charge in [-0.1, -0.05) is 38.5 Å². The number of benzene rings is 1. The van der Waals surface area contributed by atoms with Crippen molar-refractivity contribution in [2.75, 3.05) is 0 Å². The van der Waals surface area contributed by atoms with Crippen LogP contribution >= 0.6 is 0 Å². The zero-order chi connectivity index (χ0) is 13.8. The van der Waals surface area contributed by atoms with Gasteiger partial charge < -0.3 is 5.73 Å². The Balaban J connectivity index is 0. The molecule has 1 aromatic rings. The van der Waals surface area contributed by atoms with Gasteiger partial charge in [-0.25, -0.2) is 0 Å². The van der Waals surface area contributed by atoms with Gasteiger partial charge in [0.15, 0.2) is 0 Å². The molecule has 1 amide bonds. The lowest BCUT2D eigenvalue weighted by Gasteiger charge is -1.97. The lowest BCUT2D eigenvalue weighted by molar-refractivity contribution is 0.1000. The van der Waals surface area contributed by atoms with E-state index in [9.17, 15) is 4.79 Å². The Hall–Kier alpha value is -1.57. The highest BCUT2D eigenvalue weighted by Gasteiger charge is 1.98. The molecule has 96 valence electrons. The molecular weight excluding hydrogens is 210 g/mol. The van der Waals surface area contributed by atoms with Crippen molar-refractivity contribution in [1.29, 1.82) is 0 Å². The third kappa shape index (κ3) is 10.7. The van der Waals surface area contributed by atoms with Crippen LogP contribution in [0, 0.1) is 0 Å². The van der Waals surface area contributed by atoms with Crippen LogP contribution in [0.5, 0.6) is 0 Å². The SMILES string of the molecule is C=C(C)C.CC.CCc1cccc(C(N)=O)c1. The van der Waals surface area contributed by atoms with Crippen LogP contribution in [0.4, 0.5) is 0 Å². The van der Waals surface area contributed by atoms with Crippen LogP contribution in [-0.2, 0) is 6.42 Å². The van der Waals surface area contributed by atoms with E-state index in [-0.39, 0.29) is 5.91 Å². The number of nitrogens with two attached hydrogens (primary N) is 1. The van der Waals surface area contributed by atoms with Crippen LogP contribution in [0.1, 0.15) is 50.5 Å². The second kappa shape index (κ2) is 10.9. The van der Waals surface area contributed by atoms with Gasteiger partial charge in [0.05, 0.1) is 0 Å². The number of rotatable bonds is 2. The average Bonchev–Trinajstić information content (AvgIpc) is 2.31. The number of allylic oxidation sites excluding steroid dienone is 1. The number of aryl methyl sites for hydroxylation is 1. The van der Waals surface area contributed by atoms with Crippen LogP contribution in [0.25, 0.3) is 0 Å². The van der Waals surface area contributed by atoms with E-state index in [1.54, 1.807) is 6.07 Å². The standard InChI is InChI=1S/C9H11NO.C4H8.C2H6/c1-2-7-4-3-5-8(6-7)9(10)11;1-4(2)3;1-2/h3-6H,2H2,1H3,(H2,10,11);1H2,2-3H3;1-2H3. The Morgan fingerprint density at radius 2 is 1.76 bits per heavy atom. The molecule has 0 saturated heterocycles. The van der Waals surface area contributed by atoms with Crippen LogP contribution in [-0.4, -0.2) is 5.91 Å². The minimum Gasteiger partial charge on any atom is -0.366 e. The number of carbonyl (C=O) groups excluding carboxylic acids is 1. The largest absolute Gasteiger partial charge is 0.366 e. The molecule has 0 aliphatic carbocycles. The fraction of sp³-hybridized carbons (Fsp3) is 0.400. The smallest absolute Gasteiger partial charge is 0.248 e. The third-order valence-electron chi connectivity index (χ3n) is 1.62. The number of hydrogen-bond donors (Lipinski definition) is 1. The lowest BCUT2D eigenvalue weighted by atomic mass is 10.1. The predicted octanol–water partition coefficient (Wildman–Crippen LogP) is 3.96. The van der Waals surface area contributed by atoms with Crippen LogP contribution < -0.4 is 5.73 Å². The molecule has 1 rings (SSSR count). The summed E-state index contributed by atoms with van der Waals surface area (Å²) in [6, 6.07) is 7.37. The molecule has 0 saturated carbocycles. The first-order valence-electron chi connectivity index (χ1n) is 5.98. The Bertz CT molecular complexity index is 339. The first kappa shape index (κ1) is 17.8. The third-order valence-corrected chi connectivity index (χ3v) is 1.62. The topological polar surface area (TPSA) is 43.1 Å². The van der Waals surface area contributed by atoms with Gasteiger partial charge in [-0.05, 0) is 38.0 Å². The summed E-state index contributed by atoms with van der Waals surface area (Å²) in [7, 11) is 0. The molecule has 2 nitrogen and oxygen atoms in total. The molecule has 0 aliphatic rings. The maximum absolute atomic E-state index is 10.7. The monoisotopic (exact) mass is 235 g/mol. The zero-order valence-electron chi connectivity index (χ0n) is 11.7. The van der Waals surface area contributed by atoms with Crippen molar-refractivity contribution < 1.29 is 4.79 Å². The van der Waals surface area contributed by atoms with E-state index in [0.717, 1.165) is 12.0 Å². The summed E-state index contributed by atoms with van der Waals surface area (Å²) >= 11 is 0. The zero-order valence-corrected chi connectivity index (χ0v) is 11.7. The number of carbonyl (C=O) groups is 1. The molecule has 0 aromatic heterocycles. The summed E-state index contributed by atoms with van der Waals surface area (Å²) in [6.45, 7) is 13.5. The van der Waals surface area contributed by atoms with Gasteiger partial charge in [-0.2, -0.15) is 0 Å². The number of primary amides is 1. The molecular formula is C15H25NO. The van der Waals surface area contributed by atoms with Gasteiger partial charge >= 0.3 is 0 Å². The summed E-state index contributed by atoms with van der Waals surface area (Å²) in [5.41, 5.74) is 7.99. The van der Waals surface area contributed by atoms with Crippen molar-refractivity contribution in [2.24, 2.45) is 5.73 Å². The molecule has 0 heterocycles. The fourth-order valence-electron chi connectivity index (χ4n) is 0.945. The van der Waals surface area contributed by atoms with Gasteiger partial charge in [-0.3, -0.25) is 4.79 Å². The van der Waals surface area contributed by atoms with E-state index in [1.807, 2.05) is 52.8 Å². The van der Waals surface area contributed by atoms with E-state index < -0.39 is 0 Å². The number of hydrogen-bond acceptors (Lipinski definition) is 1. The van der Waals surface area contributed by atoms with E-state index in [4.69, 9.17) is 5.73 Å². The molecule has 2 N–H and O–H groups in total. The van der Waals surface area contributed by atoms with Crippen molar-refractivity contribution in [1.82, 2.24) is 0 Å². The average molecular weight is 235 g/mol. The molecule has 0 spiro atoms. The maximum atomic E-state index is 10.7. The Kier molecular flexibility index (Phi) is 11.5. The summed E-state index contributed by atoms with van der Waals surface area (Å²) in [5, 5.41) is 0. The van der Waals surface area contributed by atoms with Crippen LogP contribution in [0.15, 0.2) is 36.4 Å².